The maximum Gasteiger partial charge on any atom is 0.267 e. The van der Waals surface area contributed by atoms with Gasteiger partial charge in [0.15, 0.2) is 17.3 Å². The molecule has 192 valence electrons. The van der Waals surface area contributed by atoms with Crippen molar-refractivity contribution in [1.82, 2.24) is 14.5 Å². The summed E-state index contributed by atoms with van der Waals surface area (Å²) in [6, 6.07) is 18.5. The number of Topliss-reactive ketones (excluding diaryl/α,β-unsaturated/α-hetero) is 1. The number of aromatic nitrogens is 3. The number of pyridine rings is 2. The highest BCUT2D eigenvalue weighted by Crippen LogP contribution is 2.31. The predicted octanol–water partition coefficient (Wildman–Crippen LogP) is 6.80. The Labute approximate surface area is 224 Å². The second-order valence-electron chi connectivity index (χ2n) is 9.01. The van der Waals surface area contributed by atoms with Gasteiger partial charge in [-0.2, -0.15) is 0 Å². The van der Waals surface area contributed by atoms with Crippen LogP contribution < -0.4 is 10.3 Å². The van der Waals surface area contributed by atoms with Crippen molar-refractivity contribution in [2.45, 2.75) is 13.3 Å². The van der Waals surface area contributed by atoms with Crippen molar-refractivity contribution >= 4 is 38.4 Å². The van der Waals surface area contributed by atoms with E-state index in [2.05, 4.69) is 9.97 Å². The van der Waals surface area contributed by atoms with E-state index in [1.807, 2.05) is 25.1 Å². The van der Waals surface area contributed by atoms with Gasteiger partial charge in [-0.15, -0.1) is 11.3 Å². The second-order valence-corrected chi connectivity index (χ2v) is 9.85. The van der Waals surface area contributed by atoms with E-state index in [1.165, 1.54) is 58.4 Å². The summed E-state index contributed by atoms with van der Waals surface area (Å²) in [6.45, 7) is 1.96. The average Bonchev–Trinajstić information content (AvgIpc) is 3.39. The fraction of sp³-hybridized carbons (Fsp3) is 0.0667. The van der Waals surface area contributed by atoms with Gasteiger partial charge >= 0.3 is 0 Å². The number of carbonyl (C=O) groups is 1. The lowest BCUT2D eigenvalue weighted by Gasteiger charge is -2.11. The summed E-state index contributed by atoms with van der Waals surface area (Å²) in [6.07, 6.45) is 1.39. The minimum absolute atomic E-state index is 0.00170. The zero-order chi connectivity index (χ0) is 27.1. The number of ketones is 1. The molecule has 0 saturated carbocycles. The van der Waals surface area contributed by atoms with Crippen LogP contribution in [0.5, 0.6) is 11.5 Å². The monoisotopic (exact) mass is 539 g/mol. The van der Waals surface area contributed by atoms with Gasteiger partial charge in [-0.05, 0) is 78.7 Å². The minimum atomic E-state index is -0.643. The van der Waals surface area contributed by atoms with Crippen molar-refractivity contribution in [3.8, 4) is 17.2 Å². The molecule has 9 heteroatoms. The highest BCUT2D eigenvalue weighted by atomic mass is 32.1. The van der Waals surface area contributed by atoms with Gasteiger partial charge in [-0.25, -0.2) is 13.8 Å². The Morgan fingerprint density at radius 2 is 1.74 bits per heavy atom. The van der Waals surface area contributed by atoms with Gasteiger partial charge < -0.3 is 4.74 Å². The van der Waals surface area contributed by atoms with Gasteiger partial charge in [-0.1, -0.05) is 12.1 Å². The maximum atomic E-state index is 15.1. The van der Waals surface area contributed by atoms with Crippen molar-refractivity contribution in [1.29, 1.82) is 0 Å². The fourth-order valence-corrected chi connectivity index (χ4v) is 5.20. The maximum absolute atomic E-state index is 15.1. The molecular formula is C30H19F2N3O3S. The van der Waals surface area contributed by atoms with E-state index >= 15 is 4.39 Å². The molecule has 0 spiro atoms. The first kappa shape index (κ1) is 24.6. The third kappa shape index (κ3) is 4.68. The normalized spacial score (nSPS) is 11.3. The van der Waals surface area contributed by atoms with Crippen molar-refractivity contribution in [3.63, 3.8) is 0 Å². The van der Waals surface area contributed by atoms with Crippen LogP contribution >= 0.6 is 11.3 Å². The third-order valence-electron chi connectivity index (χ3n) is 6.32. The Hall–Kier alpha value is -4.76. The first-order valence-electron chi connectivity index (χ1n) is 12.0. The van der Waals surface area contributed by atoms with E-state index in [9.17, 15) is 14.0 Å². The Kier molecular flexibility index (Phi) is 6.20. The van der Waals surface area contributed by atoms with Gasteiger partial charge in [0.05, 0.1) is 27.8 Å². The van der Waals surface area contributed by atoms with E-state index in [4.69, 9.17) is 4.74 Å². The Balaban J connectivity index is 1.29. The zero-order valence-electron chi connectivity index (χ0n) is 20.5. The lowest BCUT2D eigenvalue weighted by Crippen LogP contribution is -2.26. The molecule has 0 aliphatic rings. The Morgan fingerprint density at radius 1 is 0.923 bits per heavy atom. The van der Waals surface area contributed by atoms with E-state index < -0.39 is 23.0 Å². The molecule has 0 unspecified atom stereocenters. The van der Waals surface area contributed by atoms with Gasteiger partial charge in [0.2, 0.25) is 0 Å². The van der Waals surface area contributed by atoms with Crippen LogP contribution in [0.4, 0.5) is 8.78 Å². The molecule has 0 aliphatic heterocycles. The second kappa shape index (κ2) is 9.85. The van der Waals surface area contributed by atoms with Crippen molar-refractivity contribution in [2.24, 2.45) is 0 Å². The highest BCUT2D eigenvalue weighted by molar-refractivity contribution is 7.16. The number of rotatable bonds is 6. The molecular weight excluding hydrogens is 520 g/mol. The summed E-state index contributed by atoms with van der Waals surface area (Å²) in [5.74, 6) is -1.12. The van der Waals surface area contributed by atoms with Gasteiger partial charge in [0.25, 0.3) is 5.56 Å². The van der Waals surface area contributed by atoms with Crippen LogP contribution in [0, 0.1) is 18.6 Å². The highest BCUT2D eigenvalue weighted by Gasteiger charge is 2.19. The van der Waals surface area contributed by atoms with Gasteiger partial charge in [0, 0.05) is 18.0 Å². The van der Waals surface area contributed by atoms with Crippen LogP contribution in [0.15, 0.2) is 89.3 Å². The quantitative estimate of drug-likeness (QED) is 0.218. The summed E-state index contributed by atoms with van der Waals surface area (Å²) < 4.78 is 35.7. The summed E-state index contributed by atoms with van der Waals surface area (Å²) >= 11 is 1.24. The Morgan fingerprint density at radius 3 is 2.54 bits per heavy atom. The number of fused-ring (bicyclic) bond motifs is 2. The van der Waals surface area contributed by atoms with E-state index in [0.717, 1.165) is 16.5 Å². The van der Waals surface area contributed by atoms with Crippen molar-refractivity contribution < 1.29 is 18.3 Å². The number of benzene rings is 3. The van der Waals surface area contributed by atoms with E-state index in [-0.39, 0.29) is 17.7 Å². The first-order valence-corrected chi connectivity index (χ1v) is 12.9. The molecule has 0 radical (unpaired) electrons. The van der Waals surface area contributed by atoms with Gasteiger partial charge in [-0.3, -0.25) is 19.1 Å². The van der Waals surface area contributed by atoms with E-state index in [1.54, 1.807) is 23.8 Å². The van der Waals surface area contributed by atoms with Crippen molar-refractivity contribution in [2.75, 3.05) is 0 Å². The lowest BCUT2D eigenvalue weighted by molar-refractivity contribution is 0.0991. The van der Waals surface area contributed by atoms with Crippen LogP contribution in [-0.2, 0) is 6.42 Å². The van der Waals surface area contributed by atoms with Crippen LogP contribution in [0.3, 0.4) is 0 Å². The molecule has 39 heavy (non-hydrogen) atoms. The number of hydrogen-bond acceptors (Lipinski definition) is 6. The largest absolute Gasteiger partial charge is 0.454 e. The number of ether oxygens (including phenoxy) is 1. The molecule has 3 aromatic carbocycles. The minimum Gasteiger partial charge on any atom is -0.454 e. The molecule has 0 aliphatic carbocycles. The van der Waals surface area contributed by atoms with Crippen LogP contribution in [-0.4, -0.2) is 20.3 Å². The Bertz CT molecular complexity index is 1950. The molecule has 0 amide bonds. The molecule has 3 heterocycles. The van der Waals surface area contributed by atoms with Gasteiger partial charge in [0.1, 0.15) is 16.4 Å². The average molecular weight is 540 g/mol. The smallest absolute Gasteiger partial charge is 0.267 e. The molecule has 0 N–H and O–H groups in total. The number of aryl methyl sites for hydroxylation is 1. The molecule has 0 fully saturated rings. The molecule has 0 atom stereocenters. The van der Waals surface area contributed by atoms with Crippen LogP contribution in [0.2, 0.25) is 0 Å². The number of thiazole rings is 1. The van der Waals surface area contributed by atoms with Crippen LogP contribution in [0.1, 0.15) is 21.5 Å². The standard InChI is InChI=1S/C30H19F2N3O3S/c1-17-2-8-21-24(12-17)33-11-10-27(21)38-28-9-3-18(13-23(28)32)14-26(36)22-15-25-30(39-16-34-25)35(29(22)37)20-6-4-19(31)5-7-20/h2-13,15-16H,14H2,1H3. The number of nitrogens with zero attached hydrogens (tertiary/aromatic N) is 3. The first-order chi connectivity index (χ1) is 18.9. The number of carbonyl (C=O) groups excluding carboxylic acids is 1. The van der Waals surface area contributed by atoms with E-state index in [0.29, 0.717) is 27.3 Å². The summed E-state index contributed by atoms with van der Waals surface area (Å²) in [7, 11) is 0. The zero-order valence-corrected chi connectivity index (χ0v) is 21.3. The van der Waals surface area contributed by atoms with Crippen LogP contribution in [0.25, 0.3) is 26.9 Å². The summed E-state index contributed by atoms with van der Waals surface area (Å²) in [5, 5.41) is 0.747. The molecule has 3 aromatic heterocycles. The summed E-state index contributed by atoms with van der Waals surface area (Å²) in [5.41, 5.74) is 3.97. The molecule has 6 nitrogen and oxygen atoms in total. The van der Waals surface area contributed by atoms with Crippen molar-refractivity contribution in [3.05, 3.63) is 123 Å². The SMILES string of the molecule is Cc1ccc2c(Oc3ccc(CC(=O)c4cc5ncsc5n(-c5ccc(F)cc5)c4=O)cc3F)ccnc2c1. The molecule has 0 bridgehead atoms. The third-order valence-corrected chi connectivity index (χ3v) is 7.14. The number of hydrogen-bond donors (Lipinski definition) is 0. The summed E-state index contributed by atoms with van der Waals surface area (Å²) in [4.78, 5) is 35.7. The lowest BCUT2D eigenvalue weighted by atomic mass is 10.0. The topological polar surface area (TPSA) is 74.1 Å². The molecule has 6 aromatic rings. The fourth-order valence-electron chi connectivity index (χ4n) is 4.41. The molecule has 6 rings (SSSR count). The number of halogens is 2. The molecule has 0 saturated heterocycles. The predicted molar refractivity (Wildman–Crippen MR) is 146 cm³/mol.